The average Bonchev–Trinajstić information content (AvgIpc) is 2.59. The molecule has 5 heteroatoms. The molecule has 0 saturated heterocycles. The summed E-state index contributed by atoms with van der Waals surface area (Å²) in [6, 6.07) is 4.72. The molecular weight excluding hydrogens is 256 g/mol. The summed E-state index contributed by atoms with van der Waals surface area (Å²) in [5.41, 5.74) is 6.29. The molecule has 1 aliphatic heterocycles. The highest BCUT2D eigenvalue weighted by Gasteiger charge is 2.32. The molecule has 1 atom stereocenters. The fraction of sp³-hybridized carbons (Fsp3) is 0.533. The van der Waals surface area contributed by atoms with Gasteiger partial charge in [-0.05, 0) is 17.5 Å². The number of hydrogen-bond acceptors (Lipinski definition) is 4. The average molecular weight is 278 g/mol. The predicted octanol–water partition coefficient (Wildman–Crippen LogP) is 2.51. The quantitative estimate of drug-likeness (QED) is 0.871. The van der Waals surface area contributed by atoms with Gasteiger partial charge in [-0.25, -0.2) is 0 Å². The predicted molar refractivity (Wildman–Crippen MR) is 77.8 cm³/mol. The van der Waals surface area contributed by atoms with E-state index in [-0.39, 0.29) is 11.3 Å². The van der Waals surface area contributed by atoms with Crippen molar-refractivity contribution in [2.24, 2.45) is 11.1 Å². The Labute approximate surface area is 119 Å². The number of hydrogen-bond donors (Lipinski definition) is 2. The van der Waals surface area contributed by atoms with Crippen molar-refractivity contribution in [2.75, 3.05) is 5.32 Å². The van der Waals surface area contributed by atoms with Crippen molar-refractivity contribution in [1.82, 2.24) is 0 Å². The molecule has 1 aromatic rings. The van der Waals surface area contributed by atoms with Crippen LogP contribution in [-0.2, 0) is 4.79 Å². The van der Waals surface area contributed by atoms with E-state index in [0.29, 0.717) is 17.2 Å². The number of nitrogens with one attached hydrogen (secondary N) is 1. The van der Waals surface area contributed by atoms with Crippen LogP contribution in [0.25, 0.3) is 0 Å². The first kappa shape index (κ1) is 14.7. The van der Waals surface area contributed by atoms with Crippen molar-refractivity contribution in [3.63, 3.8) is 0 Å². The van der Waals surface area contributed by atoms with E-state index in [2.05, 4.69) is 5.32 Å². The van der Waals surface area contributed by atoms with Gasteiger partial charge in [0.25, 0.3) is 0 Å². The van der Waals surface area contributed by atoms with Crippen LogP contribution in [0.5, 0.6) is 11.5 Å². The van der Waals surface area contributed by atoms with E-state index < -0.39 is 11.8 Å². The van der Waals surface area contributed by atoms with Crippen LogP contribution in [0.1, 0.15) is 34.6 Å². The number of carbonyl (C=O) groups is 1. The van der Waals surface area contributed by atoms with E-state index in [1.807, 2.05) is 34.6 Å². The molecule has 2 rings (SSSR count). The second-order valence-electron chi connectivity index (χ2n) is 6.60. The molecule has 0 spiro atoms. The molecule has 5 nitrogen and oxygen atoms in total. The molecule has 0 saturated carbocycles. The first-order valence-corrected chi connectivity index (χ1v) is 6.67. The zero-order chi connectivity index (χ0) is 15.1. The minimum atomic E-state index is -0.674. The summed E-state index contributed by atoms with van der Waals surface area (Å²) < 4.78 is 11.2. The van der Waals surface area contributed by atoms with Crippen molar-refractivity contribution >= 4 is 11.6 Å². The van der Waals surface area contributed by atoms with Crippen LogP contribution >= 0.6 is 0 Å². The van der Waals surface area contributed by atoms with Gasteiger partial charge in [-0.2, -0.15) is 0 Å². The fourth-order valence-electron chi connectivity index (χ4n) is 1.91. The van der Waals surface area contributed by atoms with Crippen LogP contribution in [0.4, 0.5) is 5.69 Å². The van der Waals surface area contributed by atoms with E-state index in [0.717, 1.165) is 0 Å². The van der Waals surface area contributed by atoms with Crippen LogP contribution in [0.15, 0.2) is 18.2 Å². The second-order valence-corrected chi connectivity index (χ2v) is 6.60. The number of ether oxygens (including phenoxy) is 2. The Kier molecular flexibility index (Phi) is 3.42. The topological polar surface area (TPSA) is 73.6 Å². The first-order valence-electron chi connectivity index (χ1n) is 6.67. The highest BCUT2D eigenvalue weighted by Crippen LogP contribution is 2.40. The number of benzene rings is 1. The summed E-state index contributed by atoms with van der Waals surface area (Å²) in [5, 5.41) is 2.81. The molecule has 1 heterocycles. The molecule has 3 N–H and O–H groups in total. The van der Waals surface area contributed by atoms with Gasteiger partial charge in [0.1, 0.15) is 0 Å². The van der Waals surface area contributed by atoms with E-state index in [4.69, 9.17) is 15.2 Å². The van der Waals surface area contributed by atoms with E-state index in [9.17, 15) is 4.79 Å². The standard InChI is InChI=1S/C15H22N2O3/c1-14(2,3)12(16)13(18)17-9-6-7-10-11(8-9)20-15(4,5)19-10/h6-8,12H,16H2,1-5H3,(H,17,18)/t12-/m0/s1. The van der Waals surface area contributed by atoms with Gasteiger partial charge in [-0.1, -0.05) is 20.8 Å². The SMILES string of the molecule is CC1(C)Oc2ccc(NC(=O)[C@H](N)C(C)(C)C)cc2O1. The molecule has 0 aliphatic carbocycles. The Morgan fingerprint density at radius 1 is 1.25 bits per heavy atom. The van der Waals surface area contributed by atoms with Crippen molar-refractivity contribution in [1.29, 1.82) is 0 Å². The highest BCUT2D eigenvalue weighted by atomic mass is 16.7. The second kappa shape index (κ2) is 4.66. The van der Waals surface area contributed by atoms with Gasteiger partial charge < -0.3 is 20.5 Å². The lowest BCUT2D eigenvalue weighted by molar-refractivity contribution is -0.119. The third kappa shape index (κ3) is 3.04. The van der Waals surface area contributed by atoms with Crippen molar-refractivity contribution in [3.05, 3.63) is 18.2 Å². The van der Waals surface area contributed by atoms with Gasteiger partial charge >= 0.3 is 0 Å². The maximum Gasteiger partial charge on any atom is 0.246 e. The molecule has 0 unspecified atom stereocenters. The molecule has 1 aromatic carbocycles. The number of nitrogens with two attached hydrogens (primary N) is 1. The Balaban J connectivity index is 2.12. The highest BCUT2D eigenvalue weighted by molar-refractivity contribution is 5.95. The molecule has 110 valence electrons. The third-order valence-corrected chi connectivity index (χ3v) is 3.14. The van der Waals surface area contributed by atoms with Crippen molar-refractivity contribution in [2.45, 2.75) is 46.4 Å². The van der Waals surface area contributed by atoms with E-state index in [1.54, 1.807) is 18.2 Å². The Bertz CT molecular complexity index is 532. The smallest absolute Gasteiger partial charge is 0.246 e. The minimum Gasteiger partial charge on any atom is -0.449 e. The molecule has 1 aliphatic rings. The summed E-state index contributed by atoms with van der Waals surface area (Å²) in [5.74, 6) is 0.410. The fourth-order valence-corrected chi connectivity index (χ4v) is 1.91. The number of anilines is 1. The van der Waals surface area contributed by atoms with Crippen LogP contribution in [-0.4, -0.2) is 17.7 Å². The summed E-state index contributed by atoms with van der Waals surface area (Å²) >= 11 is 0. The van der Waals surface area contributed by atoms with Crippen LogP contribution in [0.3, 0.4) is 0 Å². The maximum atomic E-state index is 12.1. The van der Waals surface area contributed by atoms with Crippen molar-refractivity contribution in [3.8, 4) is 11.5 Å². The van der Waals surface area contributed by atoms with E-state index >= 15 is 0 Å². The molecular formula is C15H22N2O3. The lowest BCUT2D eigenvalue weighted by Gasteiger charge is -2.25. The van der Waals surface area contributed by atoms with E-state index in [1.165, 1.54) is 0 Å². The Hall–Kier alpha value is -1.75. The molecule has 0 radical (unpaired) electrons. The summed E-state index contributed by atoms with van der Waals surface area (Å²) in [4.78, 5) is 12.1. The van der Waals surface area contributed by atoms with Gasteiger partial charge in [0.05, 0.1) is 6.04 Å². The van der Waals surface area contributed by atoms with Gasteiger partial charge in [-0.3, -0.25) is 4.79 Å². The Morgan fingerprint density at radius 3 is 2.45 bits per heavy atom. The zero-order valence-electron chi connectivity index (χ0n) is 12.6. The minimum absolute atomic E-state index is 0.212. The number of amides is 1. The monoisotopic (exact) mass is 278 g/mol. The van der Waals surface area contributed by atoms with Crippen LogP contribution in [0.2, 0.25) is 0 Å². The maximum absolute atomic E-state index is 12.1. The van der Waals surface area contributed by atoms with Crippen LogP contribution < -0.4 is 20.5 Å². The molecule has 20 heavy (non-hydrogen) atoms. The molecule has 0 fully saturated rings. The number of fused-ring (bicyclic) bond motifs is 1. The normalized spacial score (nSPS) is 17.7. The summed E-state index contributed by atoms with van der Waals surface area (Å²) in [7, 11) is 0. The molecule has 0 bridgehead atoms. The third-order valence-electron chi connectivity index (χ3n) is 3.14. The van der Waals surface area contributed by atoms with Crippen LogP contribution in [0, 0.1) is 5.41 Å². The lowest BCUT2D eigenvalue weighted by Crippen LogP contribution is -2.45. The van der Waals surface area contributed by atoms with Gasteiger partial charge in [0.15, 0.2) is 11.5 Å². The first-order chi connectivity index (χ1) is 9.08. The number of carbonyl (C=O) groups excluding carboxylic acids is 1. The van der Waals surface area contributed by atoms with Gasteiger partial charge in [0, 0.05) is 25.6 Å². The lowest BCUT2D eigenvalue weighted by atomic mass is 9.87. The zero-order valence-corrected chi connectivity index (χ0v) is 12.6. The van der Waals surface area contributed by atoms with Crippen molar-refractivity contribution < 1.29 is 14.3 Å². The van der Waals surface area contributed by atoms with Gasteiger partial charge in [-0.15, -0.1) is 0 Å². The largest absolute Gasteiger partial charge is 0.449 e. The summed E-state index contributed by atoms with van der Waals surface area (Å²) in [6.07, 6.45) is 0. The molecule has 0 aromatic heterocycles. The molecule has 1 amide bonds. The number of rotatable bonds is 2. The Morgan fingerprint density at radius 2 is 1.85 bits per heavy atom. The van der Waals surface area contributed by atoms with Gasteiger partial charge in [0.2, 0.25) is 11.7 Å². The summed E-state index contributed by atoms with van der Waals surface area (Å²) in [6.45, 7) is 9.46.